The first-order chi connectivity index (χ1) is 12.6. The molecule has 1 aliphatic carbocycles. The van der Waals surface area contributed by atoms with Gasteiger partial charge in [-0.25, -0.2) is 0 Å². The molecule has 3 N–H and O–H groups in total. The molecule has 0 aromatic rings. The van der Waals surface area contributed by atoms with E-state index in [2.05, 4.69) is 18.3 Å². The highest BCUT2D eigenvalue weighted by atomic mass is 16.3. The van der Waals surface area contributed by atoms with E-state index in [0.29, 0.717) is 12.8 Å². The molecule has 0 aliphatic heterocycles. The van der Waals surface area contributed by atoms with E-state index in [1.165, 1.54) is 0 Å². The molecule has 1 fully saturated rings. The number of nitrogens with one attached hydrogen (secondary N) is 1. The van der Waals surface area contributed by atoms with Crippen LogP contribution in [0.25, 0.3) is 0 Å². The van der Waals surface area contributed by atoms with E-state index in [0.717, 1.165) is 64.2 Å². The average molecular weight is 365 g/mol. The van der Waals surface area contributed by atoms with Gasteiger partial charge in [0.25, 0.3) is 0 Å². The third-order valence-electron chi connectivity index (χ3n) is 5.47. The first-order valence-corrected chi connectivity index (χ1v) is 10.2. The predicted molar refractivity (Wildman–Crippen MR) is 103 cm³/mol. The Labute approximate surface area is 158 Å². The molecule has 148 valence electrons. The first kappa shape index (κ1) is 22.7. The molecular weight excluding hydrogens is 328 g/mol. The van der Waals surface area contributed by atoms with Crippen LogP contribution < -0.4 is 5.32 Å². The van der Waals surface area contributed by atoms with Gasteiger partial charge in [-0.05, 0) is 31.6 Å². The van der Waals surface area contributed by atoms with Crippen LogP contribution in [0.4, 0.5) is 0 Å². The van der Waals surface area contributed by atoms with Crippen LogP contribution >= 0.6 is 0 Å². The van der Waals surface area contributed by atoms with Crippen molar-refractivity contribution in [3.63, 3.8) is 0 Å². The van der Waals surface area contributed by atoms with Gasteiger partial charge >= 0.3 is 0 Å². The lowest BCUT2D eigenvalue weighted by Crippen LogP contribution is -2.33. The van der Waals surface area contributed by atoms with Crippen molar-refractivity contribution in [1.82, 2.24) is 5.32 Å². The van der Waals surface area contributed by atoms with Crippen LogP contribution in [-0.4, -0.2) is 34.9 Å². The fourth-order valence-electron chi connectivity index (χ4n) is 3.98. The second kappa shape index (κ2) is 13.8. The summed E-state index contributed by atoms with van der Waals surface area (Å²) < 4.78 is 0. The SMILES string of the molecule is CCCCC[C@@H](O)C=C[C@@H]1[C@@H](CCCCCCC#N)[C@H](NC=O)C[C@H]1O. The Morgan fingerprint density at radius 1 is 1.23 bits per heavy atom. The summed E-state index contributed by atoms with van der Waals surface area (Å²) >= 11 is 0. The number of carbonyl (C=O) groups excluding carboxylic acids is 1. The summed E-state index contributed by atoms with van der Waals surface area (Å²) in [5.41, 5.74) is 0. The van der Waals surface area contributed by atoms with Crippen LogP contribution in [0.15, 0.2) is 12.2 Å². The molecule has 1 aliphatic rings. The van der Waals surface area contributed by atoms with Gasteiger partial charge < -0.3 is 15.5 Å². The van der Waals surface area contributed by atoms with E-state index in [1.807, 2.05) is 12.2 Å². The topological polar surface area (TPSA) is 93.4 Å². The third-order valence-corrected chi connectivity index (χ3v) is 5.47. The zero-order valence-corrected chi connectivity index (χ0v) is 16.1. The van der Waals surface area contributed by atoms with Crippen molar-refractivity contribution in [2.24, 2.45) is 11.8 Å². The number of hydrogen-bond acceptors (Lipinski definition) is 4. The minimum atomic E-state index is -0.477. The molecular formula is C21H36N2O3. The van der Waals surface area contributed by atoms with Gasteiger partial charge in [-0.15, -0.1) is 0 Å². The Morgan fingerprint density at radius 2 is 2.00 bits per heavy atom. The van der Waals surface area contributed by atoms with E-state index >= 15 is 0 Å². The molecule has 5 atom stereocenters. The Morgan fingerprint density at radius 3 is 2.69 bits per heavy atom. The summed E-state index contributed by atoms with van der Waals surface area (Å²) in [7, 11) is 0. The lowest BCUT2D eigenvalue weighted by Gasteiger charge is -2.23. The van der Waals surface area contributed by atoms with E-state index in [1.54, 1.807) is 0 Å². The van der Waals surface area contributed by atoms with E-state index in [4.69, 9.17) is 5.26 Å². The predicted octanol–water partition coefficient (Wildman–Crippen LogP) is 3.46. The quantitative estimate of drug-likeness (QED) is 0.250. The maximum Gasteiger partial charge on any atom is 0.207 e. The van der Waals surface area contributed by atoms with Crippen molar-refractivity contribution in [3.05, 3.63) is 12.2 Å². The number of rotatable bonds is 14. The smallest absolute Gasteiger partial charge is 0.207 e. The van der Waals surface area contributed by atoms with Gasteiger partial charge in [0.2, 0.25) is 6.41 Å². The molecule has 26 heavy (non-hydrogen) atoms. The van der Waals surface area contributed by atoms with Gasteiger partial charge in [-0.2, -0.15) is 5.26 Å². The highest BCUT2D eigenvalue weighted by molar-refractivity contribution is 5.47. The highest BCUT2D eigenvalue weighted by Gasteiger charge is 2.40. The summed E-state index contributed by atoms with van der Waals surface area (Å²) in [5, 5.41) is 32.0. The van der Waals surface area contributed by atoms with Gasteiger partial charge in [0.15, 0.2) is 0 Å². The van der Waals surface area contributed by atoms with Crippen LogP contribution in [-0.2, 0) is 4.79 Å². The first-order valence-electron chi connectivity index (χ1n) is 10.2. The average Bonchev–Trinajstić information content (AvgIpc) is 2.91. The fourth-order valence-corrected chi connectivity index (χ4v) is 3.98. The zero-order valence-electron chi connectivity index (χ0n) is 16.1. The lowest BCUT2D eigenvalue weighted by atomic mass is 9.87. The number of aliphatic hydroxyl groups is 2. The number of amides is 1. The van der Waals surface area contributed by atoms with Crippen molar-refractivity contribution < 1.29 is 15.0 Å². The zero-order chi connectivity index (χ0) is 19.2. The maximum absolute atomic E-state index is 10.9. The van der Waals surface area contributed by atoms with Gasteiger partial charge in [-0.3, -0.25) is 4.79 Å². The van der Waals surface area contributed by atoms with Gasteiger partial charge in [-0.1, -0.05) is 57.6 Å². The summed E-state index contributed by atoms with van der Waals surface area (Å²) in [6.07, 6.45) is 13.8. The summed E-state index contributed by atoms with van der Waals surface area (Å²) in [6.45, 7) is 2.14. The molecule has 5 nitrogen and oxygen atoms in total. The lowest BCUT2D eigenvalue weighted by molar-refractivity contribution is -0.110. The van der Waals surface area contributed by atoms with Gasteiger partial charge in [0, 0.05) is 18.4 Å². The van der Waals surface area contributed by atoms with Crippen LogP contribution in [0.1, 0.15) is 77.6 Å². The van der Waals surface area contributed by atoms with Gasteiger partial charge in [0.1, 0.15) is 0 Å². The number of aliphatic hydroxyl groups excluding tert-OH is 2. The molecule has 1 saturated carbocycles. The van der Waals surface area contributed by atoms with Crippen molar-refractivity contribution in [2.45, 2.75) is 95.8 Å². The second-order valence-electron chi connectivity index (χ2n) is 7.49. The van der Waals surface area contributed by atoms with E-state index in [-0.39, 0.29) is 17.9 Å². The molecule has 5 heteroatoms. The van der Waals surface area contributed by atoms with Crippen LogP contribution in [0.5, 0.6) is 0 Å². The molecule has 0 heterocycles. The van der Waals surface area contributed by atoms with Crippen LogP contribution in [0, 0.1) is 23.2 Å². The minimum Gasteiger partial charge on any atom is -0.392 e. The Hall–Kier alpha value is -1.38. The molecule has 0 unspecified atom stereocenters. The number of unbranched alkanes of at least 4 members (excludes halogenated alkanes) is 6. The fraction of sp³-hybridized carbons (Fsp3) is 0.810. The summed E-state index contributed by atoms with van der Waals surface area (Å²) in [4.78, 5) is 10.9. The van der Waals surface area contributed by atoms with Crippen molar-refractivity contribution in [1.29, 1.82) is 5.26 Å². The Bertz CT molecular complexity index is 447. The van der Waals surface area contributed by atoms with Crippen LogP contribution in [0.2, 0.25) is 0 Å². The summed E-state index contributed by atoms with van der Waals surface area (Å²) in [6, 6.07) is 2.16. The largest absolute Gasteiger partial charge is 0.392 e. The van der Waals surface area contributed by atoms with Crippen molar-refractivity contribution in [2.75, 3.05) is 0 Å². The number of nitriles is 1. The number of carbonyl (C=O) groups is 1. The molecule has 1 amide bonds. The molecule has 0 aromatic heterocycles. The number of hydrogen-bond donors (Lipinski definition) is 3. The Kier molecular flexibility index (Phi) is 12.0. The molecule has 0 bridgehead atoms. The van der Waals surface area contributed by atoms with Crippen LogP contribution in [0.3, 0.4) is 0 Å². The third kappa shape index (κ3) is 8.33. The second-order valence-corrected chi connectivity index (χ2v) is 7.49. The van der Waals surface area contributed by atoms with E-state index < -0.39 is 12.2 Å². The minimum absolute atomic E-state index is 0.00603. The van der Waals surface area contributed by atoms with E-state index in [9.17, 15) is 15.0 Å². The molecule has 1 rings (SSSR count). The summed E-state index contributed by atoms with van der Waals surface area (Å²) in [5.74, 6) is 0.178. The van der Waals surface area contributed by atoms with Crippen molar-refractivity contribution >= 4 is 6.41 Å². The maximum atomic E-state index is 10.9. The number of nitrogens with zero attached hydrogens (tertiary/aromatic N) is 1. The molecule has 0 spiro atoms. The Balaban J connectivity index is 2.55. The molecule has 0 saturated heterocycles. The molecule has 0 aromatic carbocycles. The normalized spacial score (nSPS) is 26.7. The van der Waals surface area contributed by atoms with Gasteiger partial charge in [0.05, 0.1) is 18.3 Å². The monoisotopic (exact) mass is 364 g/mol. The molecule has 0 radical (unpaired) electrons. The highest BCUT2D eigenvalue weighted by Crippen LogP contribution is 2.37. The standard InChI is InChI=1S/C21H36N2O3/c1-2-3-7-10-17(25)12-13-19-18(11-8-5-4-6-9-14-22)20(23-16-24)15-21(19)26/h12-13,16-21,25-26H,2-11,15H2,1H3,(H,23,24)/t17-,18-,19-,20-,21-/m1/s1. The van der Waals surface area contributed by atoms with Crippen molar-refractivity contribution in [3.8, 4) is 6.07 Å².